The van der Waals surface area contributed by atoms with Gasteiger partial charge in [0.2, 0.25) is 5.91 Å². The molecular formula is C16H21ClN4O4. The number of rotatable bonds is 3. The molecule has 136 valence electrons. The number of fused-ring (bicyclic) bond motifs is 1. The highest BCUT2D eigenvalue weighted by molar-refractivity contribution is 6.62. The normalized spacial score (nSPS) is 18.5. The Morgan fingerprint density at radius 3 is 2.56 bits per heavy atom. The molecule has 2 amide bonds. The van der Waals surface area contributed by atoms with Crippen molar-refractivity contribution in [3.63, 3.8) is 0 Å². The summed E-state index contributed by atoms with van der Waals surface area (Å²) in [4.78, 5) is 37.8. The topological polar surface area (TPSA) is 93.5 Å². The van der Waals surface area contributed by atoms with Crippen molar-refractivity contribution in [2.45, 2.75) is 52.1 Å². The summed E-state index contributed by atoms with van der Waals surface area (Å²) in [5, 5.41) is 6.53. The van der Waals surface area contributed by atoms with Crippen LogP contribution in [0.4, 0.5) is 15.4 Å². The first-order valence-electron chi connectivity index (χ1n) is 8.34. The molecule has 9 heteroatoms. The second kappa shape index (κ2) is 6.33. The molecule has 0 aromatic carbocycles. The van der Waals surface area contributed by atoms with E-state index in [1.165, 1.54) is 4.90 Å². The Morgan fingerprint density at radius 2 is 2.04 bits per heavy atom. The maximum atomic E-state index is 12.4. The third kappa shape index (κ3) is 2.88. The van der Waals surface area contributed by atoms with Crippen LogP contribution in [0.3, 0.4) is 0 Å². The van der Waals surface area contributed by atoms with Gasteiger partial charge in [-0.05, 0) is 45.2 Å². The van der Waals surface area contributed by atoms with Gasteiger partial charge in [0.1, 0.15) is 5.82 Å². The Balaban J connectivity index is 2.01. The van der Waals surface area contributed by atoms with Crippen LogP contribution < -0.4 is 5.32 Å². The van der Waals surface area contributed by atoms with E-state index in [4.69, 9.17) is 16.3 Å². The van der Waals surface area contributed by atoms with Crippen LogP contribution in [-0.4, -0.2) is 38.7 Å². The van der Waals surface area contributed by atoms with E-state index in [0.717, 1.165) is 23.9 Å². The van der Waals surface area contributed by atoms with E-state index >= 15 is 0 Å². The average molecular weight is 369 g/mol. The van der Waals surface area contributed by atoms with Crippen LogP contribution >= 0.6 is 11.6 Å². The van der Waals surface area contributed by atoms with Gasteiger partial charge >= 0.3 is 11.5 Å². The molecule has 2 aliphatic rings. The standard InChI is InChI=1S/C16H21ClN4O4/c1-4-25-15(24)21-12(18-13(22)9-6-5-7-9)10-8-20(14(17)23)16(2,3)11(10)19-21/h9H,4-8H2,1-3H3,(H,18,22). The lowest BCUT2D eigenvalue weighted by Gasteiger charge is -2.29. The van der Waals surface area contributed by atoms with Crippen molar-refractivity contribution >= 4 is 34.8 Å². The fraction of sp³-hybridized carbons (Fsp3) is 0.625. The van der Waals surface area contributed by atoms with Crippen molar-refractivity contribution < 1.29 is 19.1 Å². The van der Waals surface area contributed by atoms with E-state index in [0.29, 0.717) is 11.3 Å². The number of anilines is 1. The number of hydrogen-bond acceptors (Lipinski definition) is 5. The summed E-state index contributed by atoms with van der Waals surface area (Å²) in [6.07, 6.45) is 2.02. The zero-order valence-electron chi connectivity index (χ0n) is 14.5. The smallest absolute Gasteiger partial charge is 0.436 e. The summed E-state index contributed by atoms with van der Waals surface area (Å²) in [5.41, 5.74) is 0.347. The number of carbonyl (C=O) groups excluding carboxylic acids is 3. The van der Waals surface area contributed by atoms with Crippen molar-refractivity contribution in [2.24, 2.45) is 5.92 Å². The quantitative estimate of drug-likeness (QED) is 0.653. The number of nitrogens with zero attached hydrogens (tertiary/aromatic N) is 3. The number of halogens is 1. The molecule has 2 heterocycles. The molecule has 1 fully saturated rings. The van der Waals surface area contributed by atoms with Crippen LogP contribution in [0, 0.1) is 5.92 Å². The largest absolute Gasteiger partial charge is 0.448 e. The number of hydrogen-bond donors (Lipinski definition) is 1. The molecule has 0 saturated heterocycles. The molecule has 1 N–H and O–H groups in total. The van der Waals surface area contributed by atoms with Crippen LogP contribution in [-0.2, 0) is 21.6 Å². The number of ether oxygens (including phenoxy) is 1. The monoisotopic (exact) mass is 368 g/mol. The van der Waals surface area contributed by atoms with Gasteiger partial charge in [0.05, 0.1) is 24.4 Å². The van der Waals surface area contributed by atoms with Gasteiger partial charge in [-0.1, -0.05) is 6.42 Å². The second-order valence-corrected chi connectivity index (χ2v) is 7.13. The van der Waals surface area contributed by atoms with E-state index in [2.05, 4.69) is 10.4 Å². The van der Waals surface area contributed by atoms with E-state index in [1.807, 2.05) is 0 Å². The molecule has 0 spiro atoms. The van der Waals surface area contributed by atoms with E-state index in [-0.39, 0.29) is 30.8 Å². The highest BCUT2D eigenvalue weighted by atomic mass is 35.5. The zero-order valence-corrected chi connectivity index (χ0v) is 15.2. The number of amides is 2. The molecule has 0 bridgehead atoms. The molecule has 8 nitrogen and oxygen atoms in total. The summed E-state index contributed by atoms with van der Waals surface area (Å²) >= 11 is 5.68. The molecule has 1 aliphatic carbocycles. The van der Waals surface area contributed by atoms with Crippen molar-refractivity contribution in [1.29, 1.82) is 0 Å². The predicted molar refractivity (Wildman–Crippen MR) is 90.4 cm³/mol. The molecule has 1 saturated carbocycles. The second-order valence-electron chi connectivity index (χ2n) is 6.80. The Bertz CT molecular complexity index is 739. The van der Waals surface area contributed by atoms with Crippen molar-refractivity contribution in [3.05, 3.63) is 11.3 Å². The van der Waals surface area contributed by atoms with Crippen molar-refractivity contribution in [1.82, 2.24) is 14.7 Å². The lowest BCUT2D eigenvalue weighted by atomic mass is 9.85. The minimum Gasteiger partial charge on any atom is -0.448 e. The molecule has 1 aromatic heterocycles. The van der Waals surface area contributed by atoms with E-state index < -0.39 is 17.0 Å². The maximum Gasteiger partial charge on any atom is 0.436 e. The predicted octanol–water partition coefficient (Wildman–Crippen LogP) is 3.04. The highest BCUT2D eigenvalue weighted by Crippen LogP contribution is 2.42. The SMILES string of the molecule is CCOC(=O)n1nc2c(c1NC(=O)C1CCC1)CN(C(=O)Cl)C2(C)C. The van der Waals surface area contributed by atoms with Crippen LogP contribution in [0.15, 0.2) is 0 Å². The van der Waals surface area contributed by atoms with Crippen LogP contribution in [0.2, 0.25) is 0 Å². The van der Waals surface area contributed by atoms with Crippen LogP contribution in [0.1, 0.15) is 51.3 Å². The Kier molecular flexibility index (Phi) is 4.49. The van der Waals surface area contributed by atoms with Crippen LogP contribution in [0.5, 0.6) is 0 Å². The molecule has 0 atom stereocenters. The lowest BCUT2D eigenvalue weighted by molar-refractivity contribution is -0.122. The maximum absolute atomic E-state index is 12.4. The number of nitrogens with one attached hydrogen (secondary N) is 1. The summed E-state index contributed by atoms with van der Waals surface area (Å²) in [5.74, 6) is 0.0631. The minimum absolute atomic E-state index is 0.0543. The van der Waals surface area contributed by atoms with Gasteiger partial charge in [-0.25, -0.2) is 4.79 Å². The van der Waals surface area contributed by atoms with Crippen LogP contribution in [0.25, 0.3) is 0 Å². The van der Waals surface area contributed by atoms with Gasteiger partial charge < -0.3 is 15.0 Å². The Morgan fingerprint density at radius 1 is 1.36 bits per heavy atom. The van der Waals surface area contributed by atoms with E-state index in [1.54, 1.807) is 20.8 Å². The van der Waals surface area contributed by atoms with Gasteiger partial charge in [-0.15, -0.1) is 4.68 Å². The first-order valence-corrected chi connectivity index (χ1v) is 8.72. The fourth-order valence-corrected chi connectivity index (χ4v) is 3.46. The molecule has 25 heavy (non-hydrogen) atoms. The summed E-state index contributed by atoms with van der Waals surface area (Å²) < 4.78 is 6.11. The van der Waals surface area contributed by atoms with Gasteiger partial charge in [-0.3, -0.25) is 9.59 Å². The molecule has 1 aromatic rings. The van der Waals surface area contributed by atoms with Gasteiger partial charge in [0.25, 0.3) is 0 Å². The Labute approximate surface area is 150 Å². The van der Waals surface area contributed by atoms with Gasteiger partial charge in [0.15, 0.2) is 0 Å². The first kappa shape index (κ1) is 17.7. The molecule has 3 rings (SSSR count). The lowest BCUT2D eigenvalue weighted by Crippen LogP contribution is -2.38. The molecule has 0 unspecified atom stereocenters. The molecular weight excluding hydrogens is 348 g/mol. The zero-order chi connectivity index (χ0) is 18.4. The minimum atomic E-state index is -0.790. The van der Waals surface area contributed by atoms with Gasteiger partial charge in [-0.2, -0.15) is 5.10 Å². The number of aromatic nitrogens is 2. The third-order valence-electron chi connectivity index (χ3n) is 4.92. The summed E-state index contributed by atoms with van der Waals surface area (Å²) in [7, 11) is 0. The van der Waals surface area contributed by atoms with Crippen molar-refractivity contribution in [3.8, 4) is 0 Å². The molecule has 1 aliphatic heterocycles. The highest BCUT2D eigenvalue weighted by Gasteiger charge is 2.46. The molecule has 0 radical (unpaired) electrons. The van der Waals surface area contributed by atoms with Gasteiger partial charge in [0, 0.05) is 11.5 Å². The van der Waals surface area contributed by atoms with Crippen molar-refractivity contribution in [2.75, 3.05) is 11.9 Å². The third-order valence-corrected chi connectivity index (χ3v) is 5.13. The fourth-order valence-electron chi connectivity index (χ4n) is 3.19. The summed E-state index contributed by atoms with van der Waals surface area (Å²) in [6.45, 7) is 5.64. The Hall–Kier alpha value is -2.09. The first-order chi connectivity index (χ1) is 11.8. The van der Waals surface area contributed by atoms with E-state index in [9.17, 15) is 14.4 Å². The summed E-state index contributed by atoms with van der Waals surface area (Å²) in [6, 6.07) is 0. The average Bonchev–Trinajstić information content (AvgIpc) is 2.93. The number of carbonyl (C=O) groups is 3.